The molecule has 2 aliphatic heterocycles. The molecule has 2 saturated heterocycles. The standard InChI is InChI=1S/C22H24N6O/c1-2-8-24-20(5-1)27-11-13-28(14-12-27)22-25-16-18(17-6-9-23-10-7-17)21(26-22)19-4-3-15-29-19/h1-2,5-10,16,19H,3-4,11-15H2. The molecule has 0 radical (unpaired) electrons. The molecule has 7 heteroatoms. The number of rotatable bonds is 4. The molecule has 148 valence electrons. The van der Waals surface area contributed by atoms with Gasteiger partial charge in [0.25, 0.3) is 0 Å². The number of piperazine rings is 1. The minimum absolute atomic E-state index is 0.0368. The van der Waals surface area contributed by atoms with Crippen LogP contribution in [0.1, 0.15) is 24.6 Å². The number of aromatic nitrogens is 4. The molecule has 5 rings (SSSR count). The first-order valence-electron chi connectivity index (χ1n) is 10.2. The molecule has 0 bridgehead atoms. The Hall–Kier alpha value is -3.06. The van der Waals surface area contributed by atoms with E-state index in [-0.39, 0.29) is 6.10 Å². The molecule has 0 spiro atoms. The Balaban J connectivity index is 1.39. The van der Waals surface area contributed by atoms with E-state index in [1.807, 2.05) is 36.7 Å². The van der Waals surface area contributed by atoms with Gasteiger partial charge in [-0.25, -0.2) is 15.0 Å². The maximum atomic E-state index is 5.98. The van der Waals surface area contributed by atoms with Crippen LogP contribution in [0.3, 0.4) is 0 Å². The predicted molar refractivity (Wildman–Crippen MR) is 112 cm³/mol. The summed E-state index contributed by atoms with van der Waals surface area (Å²) >= 11 is 0. The maximum absolute atomic E-state index is 5.98. The summed E-state index contributed by atoms with van der Waals surface area (Å²) in [6, 6.07) is 10.0. The molecule has 29 heavy (non-hydrogen) atoms. The lowest BCUT2D eigenvalue weighted by molar-refractivity contribution is 0.109. The van der Waals surface area contributed by atoms with Crippen LogP contribution in [0.25, 0.3) is 11.1 Å². The van der Waals surface area contributed by atoms with Crippen LogP contribution in [-0.2, 0) is 4.74 Å². The zero-order valence-corrected chi connectivity index (χ0v) is 16.3. The van der Waals surface area contributed by atoms with Crippen LogP contribution < -0.4 is 9.80 Å². The first kappa shape index (κ1) is 18.0. The highest BCUT2D eigenvalue weighted by Gasteiger charge is 2.26. The van der Waals surface area contributed by atoms with Crippen molar-refractivity contribution in [1.29, 1.82) is 0 Å². The molecule has 1 unspecified atom stereocenters. The average Bonchev–Trinajstić information content (AvgIpc) is 3.35. The average molecular weight is 388 g/mol. The number of anilines is 2. The van der Waals surface area contributed by atoms with Crippen molar-refractivity contribution in [2.75, 3.05) is 42.6 Å². The highest BCUT2D eigenvalue weighted by Crippen LogP contribution is 2.35. The third-order valence-electron chi connectivity index (χ3n) is 5.57. The van der Waals surface area contributed by atoms with Crippen LogP contribution in [0.4, 0.5) is 11.8 Å². The van der Waals surface area contributed by atoms with E-state index < -0.39 is 0 Å². The zero-order valence-electron chi connectivity index (χ0n) is 16.3. The van der Waals surface area contributed by atoms with Gasteiger partial charge in [0.1, 0.15) is 11.9 Å². The lowest BCUT2D eigenvalue weighted by Gasteiger charge is -2.35. The summed E-state index contributed by atoms with van der Waals surface area (Å²) in [5.41, 5.74) is 3.11. The van der Waals surface area contributed by atoms with Gasteiger partial charge in [-0.1, -0.05) is 6.07 Å². The topological polar surface area (TPSA) is 67.3 Å². The second-order valence-electron chi connectivity index (χ2n) is 7.37. The van der Waals surface area contributed by atoms with E-state index in [0.29, 0.717) is 0 Å². The van der Waals surface area contributed by atoms with E-state index in [1.54, 1.807) is 12.4 Å². The Labute approximate surface area is 170 Å². The van der Waals surface area contributed by atoms with Gasteiger partial charge in [-0.05, 0) is 42.7 Å². The summed E-state index contributed by atoms with van der Waals surface area (Å²) in [6.45, 7) is 4.35. The molecule has 7 nitrogen and oxygen atoms in total. The fourth-order valence-corrected chi connectivity index (χ4v) is 4.01. The normalized spacial score (nSPS) is 19.5. The van der Waals surface area contributed by atoms with Gasteiger partial charge in [-0.15, -0.1) is 0 Å². The molecule has 0 aliphatic carbocycles. The Morgan fingerprint density at radius 2 is 1.72 bits per heavy atom. The fourth-order valence-electron chi connectivity index (χ4n) is 4.01. The molecule has 0 N–H and O–H groups in total. The van der Waals surface area contributed by atoms with Crippen molar-refractivity contribution in [3.63, 3.8) is 0 Å². The second-order valence-corrected chi connectivity index (χ2v) is 7.37. The van der Waals surface area contributed by atoms with Crippen LogP contribution >= 0.6 is 0 Å². The molecule has 3 aromatic rings. The molecule has 5 heterocycles. The molecular weight excluding hydrogens is 364 g/mol. The summed E-state index contributed by atoms with van der Waals surface area (Å²) in [5, 5.41) is 0. The SMILES string of the molecule is c1ccc(N2CCN(c3ncc(-c4ccncc4)c(C4CCCO4)n3)CC2)nc1. The van der Waals surface area contributed by atoms with Crippen molar-refractivity contribution in [3.05, 3.63) is 60.8 Å². The zero-order chi connectivity index (χ0) is 19.5. The van der Waals surface area contributed by atoms with Crippen molar-refractivity contribution < 1.29 is 4.74 Å². The molecule has 3 aromatic heterocycles. The van der Waals surface area contributed by atoms with Crippen LogP contribution in [0.5, 0.6) is 0 Å². The van der Waals surface area contributed by atoms with E-state index in [1.165, 1.54) is 0 Å². The van der Waals surface area contributed by atoms with Gasteiger partial charge in [0.15, 0.2) is 0 Å². The summed E-state index contributed by atoms with van der Waals surface area (Å²) in [5.74, 6) is 1.81. The van der Waals surface area contributed by atoms with E-state index in [0.717, 1.165) is 74.2 Å². The number of nitrogens with zero attached hydrogens (tertiary/aromatic N) is 6. The summed E-state index contributed by atoms with van der Waals surface area (Å²) < 4.78 is 5.98. The van der Waals surface area contributed by atoms with Crippen LogP contribution in [0.15, 0.2) is 55.1 Å². The second kappa shape index (κ2) is 8.13. The Morgan fingerprint density at radius 3 is 2.45 bits per heavy atom. The molecule has 2 aliphatic rings. The van der Waals surface area contributed by atoms with Gasteiger partial charge in [-0.3, -0.25) is 4.98 Å². The molecule has 1 atom stereocenters. The van der Waals surface area contributed by atoms with Crippen molar-refractivity contribution in [2.45, 2.75) is 18.9 Å². The number of hydrogen-bond acceptors (Lipinski definition) is 7. The van der Waals surface area contributed by atoms with Gasteiger partial charge in [0.2, 0.25) is 5.95 Å². The van der Waals surface area contributed by atoms with E-state index in [9.17, 15) is 0 Å². The third-order valence-corrected chi connectivity index (χ3v) is 5.57. The van der Waals surface area contributed by atoms with E-state index in [4.69, 9.17) is 14.7 Å². The van der Waals surface area contributed by atoms with Gasteiger partial charge in [0.05, 0.1) is 5.69 Å². The minimum atomic E-state index is 0.0368. The molecule has 0 amide bonds. The van der Waals surface area contributed by atoms with Crippen molar-refractivity contribution in [3.8, 4) is 11.1 Å². The Morgan fingerprint density at radius 1 is 0.897 bits per heavy atom. The number of ether oxygens (including phenoxy) is 1. The number of pyridine rings is 2. The quantitative estimate of drug-likeness (QED) is 0.680. The Bertz CT molecular complexity index is 938. The largest absolute Gasteiger partial charge is 0.372 e. The molecule has 0 saturated carbocycles. The fraction of sp³-hybridized carbons (Fsp3) is 0.364. The first-order valence-corrected chi connectivity index (χ1v) is 10.2. The smallest absolute Gasteiger partial charge is 0.225 e. The van der Waals surface area contributed by atoms with E-state index in [2.05, 4.69) is 25.8 Å². The lowest BCUT2D eigenvalue weighted by atomic mass is 10.0. The van der Waals surface area contributed by atoms with Crippen molar-refractivity contribution in [1.82, 2.24) is 19.9 Å². The Kier molecular flexibility index (Phi) is 5.04. The van der Waals surface area contributed by atoms with Crippen molar-refractivity contribution >= 4 is 11.8 Å². The highest BCUT2D eigenvalue weighted by atomic mass is 16.5. The summed E-state index contributed by atoms with van der Waals surface area (Å²) in [7, 11) is 0. The lowest BCUT2D eigenvalue weighted by Crippen LogP contribution is -2.47. The van der Waals surface area contributed by atoms with E-state index >= 15 is 0 Å². The summed E-state index contributed by atoms with van der Waals surface area (Å²) in [6.07, 6.45) is 9.51. The third kappa shape index (κ3) is 3.78. The first-order chi connectivity index (χ1) is 14.4. The number of hydrogen-bond donors (Lipinski definition) is 0. The van der Waals surface area contributed by atoms with Crippen LogP contribution in [0, 0.1) is 0 Å². The van der Waals surface area contributed by atoms with Gasteiger partial charge in [0, 0.05) is 63.1 Å². The monoisotopic (exact) mass is 388 g/mol. The van der Waals surface area contributed by atoms with Gasteiger partial charge >= 0.3 is 0 Å². The predicted octanol–water partition coefficient (Wildman–Crippen LogP) is 3.11. The van der Waals surface area contributed by atoms with Crippen LogP contribution in [-0.4, -0.2) is 52.7 Å². The van der Waals surface area contributed by atoms with Crippen molar-refractivity contribution in [2.24, 2.45) is 0 Å². The van der Waals surface area contributed by atoms with Gasteiger partial charge < -0.3 is 14.5 Å². The van der Waals surface area contributed by atoms with Gasteiger partial charge in [-0.2, -0.15) is 0 Å². The highest BCUT2D eigenvalue weighted by molar-refractivity contribution is 5.66. The summed E-state index contributed by atoms with van der Waals surface area (Å²) in [4.78, 5) is 22.9. The molecule has 0 aromatic carbocycles. The van der Waals surface area contributed by atoms with Crippen LogP contribution in [0.2, 0.25) is 0 Å². The molecule has 2 fully saturated rings. The maximum Gasteiger partial charge on any atom is 0.225 e. The minimum Gasteiger partial charge on any atom is -0.372 e. The molecular formula is C22H24N6O.